The van der Waals surface area contributed by atoms with E-state index in [0.29, 0.717) is 10.2 Å². The van der Waals surface area contributed by atoms with Gasteiger partial charge < -0.3 is 4.57 Å². The summed E-state index contributed by atoms with van der Waals surface area (Å²) in [7, 11) is -3.62. The zero-order valence-corrected chi connectivity index (χ0v) is 17.6. The van der Waals surface area contributed by atoms with Crippen LogP contribution in [0.2, 0.25) is 0 Å². The number of benzene rings is 2. The molecule has 0 saturated heterocycles. The Hall–Kier alpha value is -3.29. The van der Waals surface area contributed by atoms with Gasteiger partial charge in [0, 0.05) is 18.6 Å². The minimum absolute atomic E-state index is 0.0644. The molecule has 1 heterocycles. The van der Waals surface area contributed by atoms with Gasteiger partial charge in [0.25, 0.3) is 5.69 Å². The average molecular weight is 444 g/mol. The Bertz CT molecular complexity index is 1340. The maximum Gasteiger partial charge on any atom is 0.271 e. The fourth-order valence-electron chi connectivity index (χ4n) is 2.75. The van der Waals surface area contributed by atoms with Crippen molar-refractivity contribution in [2.24, 2.45) is 4.99 Å². The third-order valence-electron chi connectivity index (χ3n) is 4.31. The molecule has 0 unspecified atom stereocenters. The van der Waals surface area contributed by atoms with Gasteiger partial charge >= 0.3 is 0 Å². The zero-order valence-electron chi connectivity index (χ0n) is 15.9. The second-order valence-corrected chi connectivity index (χ2v) is 9.59. The Morgan fingerprint density at radius 2 is 1.97 bits per heavy atom. The summed E-state index contributed by atoms with van der Waals surface area (Å²) in [4.78, 5) is 27.3. The number of amides is 1. The highest BCUT2D eigenvalue weighted by molar-refractivity contribution is 7.91. The molecule has 1 aromatic heterocycles. The van der Waals surface area contributed by atoms with Gasteiger partial charge in [-0.2, -0.15) is 4.99 Å². The molecular weight excluding hydrogens is 426 g/mol. The minimum atomic E-state index is -3.62. The fourth-order valence-corrected chi connectivity index (χ4v) is 5.00. The predicted octanol–water partition coefficient (Wildman–Crippen LogP) is 2.84. The number of aryl methyl sites for hydroxylation is 1. The molecule has 0 aliphatic heterocycles. The molecule has 0 N–H and O–H groups in total. The lowest BCUT2D eigenvalue weighted by atomic mass is 10.2. The lowest BCUT2D eigenvalue weighted by Crippen LogP contribution is -2.18. The fraction of sp³-hybridized carbons (Fsp3) is 0.200. The van der Waals surface area contributed by atoms with E-state index in [-0.39, 0.29) is 34.1 Å². The molecule has 2 aromatic carbocycles. The van der Waals surface area contributed by atoms with Gasteiger partial charge in [-0.15, -0.1) is 6.42 Å². The van der Waals surface area contributed by atoms with Crippen molar-refractivity contribution in [3.8, 4) is 12.3 Å². The maximum absolute atomic E-state index is 12.4. The maximum atomic E-state index is 12.4. The molecule has 3 aromatic rings. The van der Waals surface area contributed by atoms with Crippen molar-refractivity contribution in [1.82, 2.24) is 4.57 Å². The molecule has 0 fully saturated rings. The Morgan fingerprint density at radius 1 is 1.27 bits per heavy atom. The van der Waals surface area contributed by atoms with E-state index in [1.807, 2.05) is 6.92 Å². The first-order valence-electron chi connectivity index (χ1n) is 8.79. The standard InChI is InChI=1S/C20H17N3O5S2/c1-3-11-22-17-13-15(23(25)26)6-9-18(17)29-20(22)21-19(24)10-12-30(27,28)16-7-4-14(2)5-8-16/h1,4-9,13H,10-12H2,2H3. The van der Waals surface area contributed by atoms with Gasteiger partial charge in [0.05, 0.1) is 32.3 Å². The van der Waals surface area contributed by atoms with Gasteiger partial charge in [0.1, 0.15) is 0 Å². The van der Waals surface area contributed by atoms with Gasteiger partial charge in [-0.25, -0.2) is 8.42 Å². The Labute approximate surface area is 176 Å². The van der Waals surface area contributed by atoms with Crippen molar-refractivity contribution >= 4 is 43.0 Å². The highest BCUT2D eigenvalue weighted by atomic mass is 32.2. The van der Waals surface area contributed by atoms with E-state index in [9.17, 15) is 23.3 Å². The van der Waals surface area contributed by atoms with Gasteiger partial charge in [0.2, 0.25) is 5.91 Å². The molecule has 3 rings (SSSR count). The Morgan fingerprint density at radius 3 is 2.60 bits per heavy atom. The Kier molecular flexibility index (Phi) is 6.14. The summed E-state index contributed by atoms with van der Waals surface area (Å²) >= 11 is 1.15. The summed E-state index contributed by atoms with van der Waals surface area (Å²) in [6.45, 7) is 1.92. The van der Waals surface area contributed by atoms with Crippen LogP contribution < -0.4 is 4.80 Å². The van der Waals surface area contributed by atoms with Crippen LogP contribution in [0.25, 0.3) is 10.2 Å². The number of carbonyl (C=O) groups excluding carboxylic acids is 1. The highest BCUT2D eigenvalue weighted by Crippen LogP contribution is 2.23. The molecule has 0 saturated carbocycles. The molecule has 0 radical (unpaired) electrons. The number of nitrogens with zero attached hydrogens (tertiary/aromatic N) is 3. The summed E-state index contributed by atoms with van der Waals surface area (Å²) in [6.07, 6.45) is 5.10. The summed E-state index contributed by atoms with van der Waals surface area (Å²) in [5.74, 6) is 1.45. The number of hydrogen-bond donors (Lipinski definition) is 0. The number of fused-ring (bicyclic) bond motifs is 1. The molecule has 8 nitrogen and oxygen atoms in total. The van der Waals surface area contributed by atoms with Crippen molar-refractivity contribution in [3.05, 3.63) is 62.9 Å². The van der Waals surface area contributed by atoms with E-state index >= 15 is 0 Å². The first-order chi connectivity index (χ1) is 14.2. The molecule has 0 aliphatic rings. The molecule has 1 amide bonds. The number of aromatic nitrogens is 1. The third kappa shape index (κ3) is 4.64. The number of sulfone groups is 1. The molecule has 30 heavy (non-hydrogen) atoms. The summed E-state index contributed by atoms with van der Waals surface area (Å²) < 4.78 is 27.1. The van der Waals surface area contributed by atoms with Crippen LogP contribution in [0.15, 0.2) is 52.4 Å². The second kappa shape index (κ2) is 8.61. The SMILES string of the molecule is C#CCn1c(=NC(=O)CCS(=O)(=O)c2ccc(C)cc2)sc2ccc([N+](=O)[O-])cc21. The summed E-state index contributed by atoms with van der Waals surface area (Å²) in [5.41, 5.74) is 1.32. The number of carbonyl (C=O) groups is 1. The highest BCUT2D eigenvalue weighted by Gasteiger charge is 2.17. The second-order valence-electron chi connectivity index (χ2n) is 6.47. The molecule has 154 valence electrons. The van der Waals surface area contributed by atoms with E-state index < -0.39 is 20.7 Å². The molecule has 0 atom stereocenters. The van der Waals surface area contributed by atoms with Crippen LogP contribution in [-0.2, 0) is 21.2 Å². The average Bonchev–Trinajstić information content (AvgIpc) is 3.03. The monoisotopic (exact) mass is 443 g/mol. The van der Waals surface area contributed by atoms with E-state index in [4.69, 9.17) is 6.42 Å². The lowest BCUT2D eigenvalue weighted by Gasteiger charge is -2.03. The summed E-state index contributed by atoms with van der Waals surface area (Å²) in [5, 5.41) is 11.0. The number of thiazole rings is 1. The number of hydrogen-bond acceptors (Lipinski definition) is 6. The van der Waals surface area contributed by atoms with Crippen LogP contribution >= 0.6 is 11.3 Å². The van der Waals surface area contributed by atoms with Crippen LogP contribution in [0.3, 0.4) is 0 Å². The van der Waals surface area contributed by atoms with Crippen molar-refractivity contribution in [2.75, 3.05) is 5.75 Å². The molecule has 10 heteroatoms. The van der Waals surface area contributed by atoms with Crippen LogP contribution in [0.4, 0.5) is 5.69 Å². The van der Waals surface area contributed by atoms with E-state index in [2.05, 4.69) is 10.9 Å². The molecule has 0 aliphatic carbocycles. The summed E-state index contributed by atoms with van der Waals surface area (Å²) in [6, 6.07) is 10.7. The van der Waals surface area contributed by atoms with Gasteiger partial charge in [0.15, 0.2) is 14.6 Å². The van der Waals surface area contributed by atoms with Crippen LogP contribution in [0.1, 0.15) is 12.0 Å². The van der Waals surface area contributed by atoms with Gasteiger partial charge in [-0.3, -0.25) is 14.9 Å². The minimum Gasteiger partial charge on any atom is -0.304 e. The largest absolute Gasteiger partial charge is 0.304 e. The van der Waals surface area contributed by atoms with Crippen molar-refractivity contribution in [1.29, 1.82) is 0 Å². The van der Waals surface area contributed by atoms with Gasteiger partial charge in [-0.1, -0.05) is 35.0 Å². The third-order valence-corrected chi connectivity index (χ3v) is 7.10. The van der Waals surface area contributed by atoms with Crippen molar-refractivity contribution < 1.29 is 18.1 Å². The number of rotatable bonds is 6. The molecule has 0 bridgehead atoms. The molecular formula is C20H17N3O5S2. The number of non-ortho nitro benzene ring substituents is 1. The first kappa shape index (κ1) is 21.4. The van der Waals surface area contributed by atoms with E-state index in [1.54, 1.807) is 18.2 Å². The van der Waals surface area contributed by atoms with Crippen LogP contribution in [-0.4, -0.2) is 29.6 Å². The molecule has 0 spiro atoms. The Balaban J connectivity index is 1.89. The smallest absolute Gasteiger partial charge is 0.271 e. The lowest BCUT2D eigenvalue weighted by molar-refractivity contribution is -0.384. The first-order valence-corrected chi connectivity index (χ1v) is 11.3. The number of nitro benzene ring substituents is 1. The number of nitro groups is 1. The van der Waals surface area contributed by atoms with Crippen LogP contribution in [0.5, 0.6) is 0 Å². The quantitative estimate of drug-likeness (QED) is 0.330. The van der Waals surface area contributed by atoms with E-state index in [0.717, 1.165) is 16.9 Å². The van der Waals surface area contributed by atoms with Crippen molar-refractivity contribution in [2.45, 2.75) is 24.8 Å². The van der Waals surface area contributed by atoms with Gasteiger partial charge in [-0.05, 0) is 25.1 Å². The van der Waals surface area contributed by atoms with Crippen LogP contribution in [0, 0.1) is 29.4 Å². The predicted molar refractivity (Wildman–Crippen MR) is 114 cm³/mol. The zero-order chi connectivity index (χ0) is 21.9. The van der Waals surface area contributed by atoms with Crippen molar-refractivity contribution in [3.63, 3.8) is 0 Å². The van der Waals surface area contributed by atoms with E-state index in [1.165, 1.54) is 28.8 Å². The topological polar surface area (TPSA) is 112 Å². The number of terminal acetylenes is 1. The normalized spacial score (nSPS) is 12.1.